The fourth-order valence-electron chi connectivity index (χ4n) is 2.54. The Morgan fingerprint density at radius 3 is 2.48 bits per heavy atom. The molecule has 0 aliphatic carbocycles. The molecule has 1 amide bonds. The topological polar surface area (TPSA) is 46.9 Å². The van der Waals surface area contributed by atoms with Gasteiger partial charge in [0.25, 0.3) is 0 Å². The van der Waals surface area contributed by atoms with Crippen LogP contribution in [0, 0.1) is 6.92 Å². The van der Waals surface area contributed by atoms with Crippen LogP contribution in [0.15, 0.2) is 36.4 Å². The molecule has 0 aliphatic rings. The zero-order valence-corrected chi connectivity index (χ0v) is 15.7. The average Bonchev–Trinajstić information content (AvgIpc) is 2.98. The van der Waals surface area contributed by atoms with Gasteiger partial charge >= 0.3 is 6.18 Å². The molecule has 1 heterocycles. The van der Waals surface area contributed by atoms with Crippen LogP contribution in [0.5, 0.6) is 0 Å². The maximum Gasteiger partial charge on any atom is 0.435 e. The Morgan fingerprint density at radius 1 is 1.26 bits per heavy atom. The van der Waals surface area contributed by atoms with Gasteiger partial charge in [-0.25, -0.2) is 0 Å². The molecule has 0 saturated carbocycles. The number of halogens is 3. The minimum absolute atomic E-state index is 0.240. The van der Waals surface area contributed by atoms with Gasteiger partial charge in [-0.05, 0) is 42.5 Å². The fourth-order valence-corrected chi connectivity index (χ4v) is 2.54. The molecule has 0 saturated heterocycles. The first kappa shape index (κ1) is 20.7. The summed E-state index contributed by atoms with van der Waals surface area (Å²) in [5.74, 6) is 0.216. The summed E-state index contributed by atoms with van der Waals surface area (Å²) in [5.41, 5.74) is 1.72. The van der Waals surface area contributed by atoms with Crippen LogP contribution < -0.4 is 5.32 Å². The lowest BCUT2D eigenvalue weighted by molar-refractivity contribution is -0.141. The number of nitrogens with zero attached hydrogens (tertiary/aromatic N) is 2. The predicted molar refractivity (Wildman–Crippen MR) is 99.2 cm³/mol. The summed E-state index contributed by atoms with van der Waals surface area (Å²) < 4.78 is 39.2. The molecule has 2 aromatic rings. The number of rotatable bonds is 7. The number of hydrogen-bond donors (Lipinski definition) is 1. The maximum absolute atomic E-state index is 12.6. The van der Waals surface area contributed by atoms with Crippen molar-refractivity contribution < 1.29 is 18.0 Å². The van der Waals surface area contributed by atoms with E-state index in [1.54, 1.807) is 13.0 Å². The molecular weight excluding hydrogens is 355 g/mol. The Bertz CT molecular complexity index is 790. The largest absolute Gasteiger partial charge is 0.435 e. The van der Waals surface area contributed by atoms with Gasteiger partial charge in [-0.2, -0.15) is 18.3 Å². The van der Waals surface area contributed by atoms with Crippen molar-refractivity contribution >= 4 is 12.0 Å². The number of amides is 1. The smallest absolute Gasteiger partial charge is 0.352 e. The lowest BCUT2D eigenvalue weighted by Crippen LogP contribution is -2.23. The van der Waals surface area contributed by atoms with Crippen molar-refractivity contribution in [3.63, 3.8) is 0 Å². The van der Waals surface area contributed by atoms with Crippen LogP contribution in [-0.2, 0) is 17.5 Å². The summed E-state index contributed by atoms with van der Waals surface area (Å²) in [6.45, 7) is 6.48. The first-order chi connectivity index (χ1) is 12.7. The minimum Gasteiger partial charge on any atom is -0.352 e. The van der Waals surface area contributed by atoms with Gasteiger partial charge in [0.15, 0.2) is 5.69 Å². The molecule has 0 atom stereocenters. The van der Waals surface area contributed by atoms with Gasteiger partial charge in [-0.1, -0.05) is 38.1 Å². The standard InChI is InChI=1S/C20H24F3N3O/c1-14(2)17-8-5-16(6-9-17)7-10-19(27)24-11-4-12-26-15(3)13-18(25-26)20(21,22)23/h5-10,13-14H,4,11-12H2,1-3H3,(H,24,27)/b10-7+. The molecule has 0 bridgehead atoms. The molecule has 1 N–H and O–H groups in total. The summed E-state index contributed by atoms with van der Waals surface area (Å²) >= 11 is 0. The van der Waals surface area contributed by atoms with Crippen molar-refractivity contribution in [2.24, 2.45) is 0 Å². The molecule has 0 radical (unpaired) electrons. The number of nitrogens with one attached hydrogen (secondary N) is 1. The fraction of sp³-hybridized carbons (Fsp3) is 0.400. The van der Waals surface area contributed by atoms with Crippen LogP contribution in [0.4, 0.5) is 13.2 Å². The van der Waals surface area contributed by atoms with E-state index >= 15 is 0 Å². The highest BCUT2D eigenvalue weighted by molar-refractivity contribution is 5.91. The van der Waals surface area contributed by atoms with E-state index in [0.717, 1.165) is 11.6 Å². The number of alkyl halides is 3. The van der Waals surface area contributed by atoms with E-state index in [-0.39, 0.29) is 5.91 Å². The van der Waals surface area contributed by atoms with Gasteiger partial charge in [0, 0.05) is 24.9 Å². The highest BCUT2D eigenvalue weighted by Crippen LogP contribution is 2.28. The first-order valence-electron chi connectivity index (χ1n) is 8.84. The molecule has 2 rings (SSSR count). The summed E-state index contributed by atoms with van der Waals surface area (Å²) in [5, 5.41) is 6.28. The van der Waals surface area contributed by atoms with Gasteiger partial charge in [-0.15, -0.1) is 0 Å². The highest BCUT2D eigenvalue weighted by atomic mass is 19.4. The maximum atomic E-state index is 12.6. The molecule has 0 unspecified atom stereocenters. The van der Waals surface area contributed by atoms with E-state index in [1.165, 1.54) is 16.3 Å². The zero-order valence-electron chi connectivity index (χ0n) is 15.7. The molecule has 27 heavy (non-hydrogen) atoms. The Labute approximate surface area is 157 Å². The van der Waals surface area contributed by atoms with Crippen LogP contribution in [0.3, 0.4) is 0 Å². The Hall–Kier alpha value is -2.57. The van der Waals surface area contributed by atoms with Crippen molar-refractivity contribution in [1.82, 2.24) is 15.1 Å². The second-order valence-corrected chi connectivity index (χ2v) is 6.69. The van der Waals surface area contributed by atoms with Gasteiger partial charge in [0.2, 0.25) is 5.91 Å². The van der Waals surface area contributed by atoms with E-state index < -0.39 is 11.9 Å². The van der Waals surface area contributed by atoms with Gasteiger partial charge in [0.1, 0.15) is 0 Å². The second-order valence-electron chi connectivity index (χ2n) is 6.69. The number of aryl methyl sites for hydroxylation is 2. The van der Waals surface area contributed by atoms with Crippen LogP contribution in [0.1, 0.15) is 48.7 Å². The third-order valence-electron chi connectivity index (χ3n) is 4.15. The van der Waals surface area contributed by atoms with Gasteiger partial charge in [-0.3, -0.25) is 9.48 Å². The highest BCUT2D eigenvalue weighted by Gasteiger charge is 2.34. The van der Waals surface area contributed by atoms with E-state index in [0.29, 0.717) is 31.1 Å². The third kappa shape index (κ3) is 6.27. The van der Waals surface area contributed by atoms with Gasteiger partial charge < -0.3 is 5.32 Å². The number of carbonyl (C=O) groups is 1. The van der Waals surface area contributed by atoms with Crippen LogP contribution in [-0.4, -0.2) is 22.2 Å². The van der Waals surface area contributed by atoms with E-state index in [4.69, 9.17) is 0 Å². The number of aromatic nitrogens is 2. The van der Waals surface area contributed by atoms with Crippen LogP contribution in [0.25, 0.3) is 6.08 Å². The lowest BCUT2D eigenvalue weighted by Gasteiger charge is -2.06. The zero-order chi connectivity index (χ0) is 20.0. The molecule has 4 nitrogen and oxygen atoms in total. The normalized spacial score (nSPS) is 12.1. The van der Waals surface area contributed by atoms with Crippen LogP contribution in [0.2, 0.25) is 0 Å². The molecule has 1 aromatic carbocycles. The van der Waals surface area contributed by atoms with E-state index in [1.807, 2.05) is 24.3 Å². The van der Waals surface area contributed by atoms with E-state index in [2.05, 4.69) is 24.3 Å². The molecule has 0 aliphatic heterocycles. The van der Waals surface area contributed by atoms with Crippen molar-refractivity contribution in [3.8, 4) is 0 Å². The molecule has 1 aromatic heterocycles. The Kier molecular flexibility index (Phi) is 6.82. The summed E-state index contributed by atoms with van der Waals surface area (Å²) in [4.78, 5) is 11.8. The molecular formula is C20H24F3N3O. The van der Waals surface area contributed by atoms with Crippen molar-refractivity contribution in [2.45, 2.75) is 45.8 Å². The summed E-state index contributed by atoms with van der Waals surface area (Å²) in [7, 11) is 0. The Balaban J connectivity index is 1.77. The SMILES string of the molecule is Cc1cc(C(F)(F)F)nn1CCCNC(=O)/C=C/c1ccc(C(C)C)cc1. The van der Waals surface area contributed by atoms with Crippen LogP contribution >= 0.6 is 0 Å². The lowest BCUT2D eigenvalue weighted by atomic mass is 10.0. The van der Waals surface area contributed by atoms with Gasteiger partial charge in [0.05, 0.1) is 0 Å². The number of benzene rings is 1. The number of carbonyl (C=O) groups excluding carboxylic acids is 1. The average molecular weight is 379 g/mol. The van der Waals surface area contributed by atoms with Crippen molar-refractivity contribution in [3.05, 3.63) is 58.9 Å². The van der Waals surface area contributed by atoms with E-state index in [9.17, 15) is 18.0 Å². The molecule has 7 heteroatoms. The van der Waals surface area contributed by atoms with Crippen molar-refractivity contribution in [2.75, 3.05) is 6.54 Å². The summed E-state index contributed by atoms with van der Waals surface area (Å²) in [6, 6.07) is 9.00. The molecule has 0 fully saturated rings. The monoisotopic (exact) mass is 379 g/mol. The second kappa shape index (κ2) is 8.88. The van der Waals surface area contributed by atoms with Crippen molar-refractivity contribution in [1.29, 1.82) is 0 Å². The minimum atomic E-state index is -4.44. The predicted octanol–water partition coefficient (Wildman–Crippen LogP) is 4.55. The summed E-state index contributed by atoms with van der Waals surface area (Å²) in [6.07, 6.45) is -0.775. The molecule has 146 valence electrons. The Morgan fingerprint density at radius 2 is 1.93 bits per heavy atom. The third-order valence-corrected chi connectivity index (χ3v) is 4.15. The quantitative estimate of drug-likeness (QED) is 0.567. The first-order valence-corrected chi connectivity index (χ1v) is 8.84. The molecule has 0 spiro atoms. The number of hydrogen-bond acceptors (Lipinski definition) is 2.